The van der Waals surface area contributed by atoms with E-state index in [2.05, 4.69) is 5.32 Å². The summed E-state index contributed by atoms with van der Waals surface area (Å²) in [7, 11) is 1.62. The number of carbonyl (C=O) groups is 2. The summed E-state index contributed by atoms with van der Waals surface area (Å²) in [6.07, 6.45) is 0. The Hall–Kier alpha value is -3.22. The molecule has 7 heteroatoms. The maximum absolute atomic E-state index is 12.3. The van der Waals surface area contributed by atoms with Crippen LogP contribution in [0.25, 0.3) is 0 Å². The van der Waals surface area contributed by atoms with Gasteiger partial charge in [-0.3, -0.25) is 19.7 Å². The Morgan fingerprint density at radius 1 is 1.13 bits per heavy atom. The molecule has 0 aliphatic rings. The molecule has 2 aromatic rings. The zero-order valence-electron chi connectivity index (χ0n) is 12.6. The van der Waals surface area contributed by atoms with Gasteiger partial charge in [0.15, 0.2) is 0 Å². The van der Waals surface area contributed by atoms with Gasteiger partial charge >= 0.3 is 0 Å². The first-order chi connectivity index (χ1) is 10.9. The molecule has 7 nitrogen and oxygen atoms in total. The normalized spacial score (nSPS) is 10.0. The number of carbonyl (C=O) groups excluding carboxylic acids is 2. The molecule has 23 heavy (non-hydrogen) atoms. The molecule has 118 valence electrons. The number of para-hydroxylation sites is 1. The number of amides is 2. The Morgan fingerprint density at radius 3 is 2.48 bits per heavy atom. The zero-order chi connectivity index (χ0) is 17.0. The molecule has 2 aromatic carbocycles. The van der Waals surface area contributed by atoms with E-state index >= 15 is 0 Å². The van der Waals surface area contributed by atoms with Gasteiger partial charge in [0.2, 0.25) is 5.91 Å². The lowest BCUT2D eigenvalue weighted by molar-refractivity contribution is -0.385. The van der Waals surface area contributed by atoms with Crippen LogP contribution in [0.2, 0.25) is 0 Å². The smallest absolute Gasteiger partial charge is 0.282 e. The number of nitrogens with one attached hydrogen (secondary N) is 1. The molecule has 0 bridgehead atoms. The second-order valence-electron chi connectivity index (χ2n) is 4.86. The third-order valence-corrected chi connectivity index (χ3v) is 3.31. The summed E-state index contributed by atoms with van der Waals surface area (Å²) < 4.78 is 0. The molecule has 2 amide bonds. The van der Waals surface area contributed by atoms with Crippen LogP contribution < -0.4 is 10.2 Å². The number of hydrogen-bond donors (Lipinski definition) is 1. The van der Waals surface area contributed by atoms with Gasteiger partial charge < -0.3 is 10.2 Å². The highest BCUT2D eigenvalue weighted by Crippen LogP contribution is 2.22. The molecule has 0 aliphatic carbocycles. The van der Waals surface area contributed by atoms with E-state index in [-0.39, 0.29) is 17.2 Å². The molecular weight excluding hydrogens is 298 g/mol. The van der Waals surface area contributed by atoms with Crippen molar-refractivity contribution >= 4 is 28.9 Å². The molecule has 1 N–H and O–H groups in total. The third kappa shape index (κ3) is 3.70. The van der Waals surface area contributed by atoms with Crippen LogP contribution >= 0.6 is 0 Å². The van der Waals surface area contributed by atoms with E-state index < -0.39 is 10.8 Å². The number of benzene rings is 2. The summed E-state index contributed by atoms with van der Waals surface area (Å²) in [6, 6.07) is 12.4. The summed E-state index contributed by atoms with van der Waals surface area (Å²) in [5, 5.41) is 13.6. The van der Waals surface area contributed by atoms with E-state index in [1.165, 1.54) is 30.0 Å². The van der Waals surface area contributed by atoms with Crippen molar-refractivity contribution in [3.05, 3.63) is 64.2 Å². The minimum Gasteiger partial charge on any atom is -0.322 e. The number of nitro benzene ring substituents is 1. The lowest BCUT2D eigenvalue weighted by Gasteiger charge is -2.16. The second-order valence-corrected chi connectivity index (χ2v) is 4.86. The molecule has 0 atom stereocenters. The van der Waals surface area contributed by atoms with E-state index in [1.807, 2.05) is 0 Å². The van der Waals surface area contributed by atoms with E-state index in [1.54, 1.807) is 37.4 Å². The van der Waals surface area contributed by atoms with Gasteiger partial charge in [0.05, 0.1) is 4.92 Å². The van der Waals surface area contributed by atoms with E-state index in [0.29, 0.717) is 11.4 Å². The molecule has 0 heterocycles. The number of nitrogens with zero attached hydrogens (tertiary/aromatic N) is 2. The van der Waals surface area contributed by atoms with Crippen LogP contribution in [0.4, 0.5) is 17.1 Å². The summed E-state index contributed by atoms with van der Waals surface area (Å²) in [5.41, 5.74) is 0.765. The molecule has 2 rings (SSSR count). The van der Waals surface area contributed by atoms with E-state index in [0.717, 1.165) is 0 Å². The minimum absolute atomic E-state index is 0.0252. The third-order valence-electron chi connectivity index (χ3n) is 3.31. The topological polar surface area (TPSA) is 92.6 Å². The highest BCUT2D eigenvalue weighted by atomic mass is 16.6. The number of nitro groups is 1. The highest BCUT2D eigenvalue weighted by molar-refractivity contribution is 6.07. The van der Waals surface area contributed by atoms with Gasteiger partial charge in [0, 0.05) is 31.4 Å². The number of rotatable bonds is 4. The van der Waals surface area contributed by atoms with Crippen LogP contribution in [0.5, 0.6) is 0 Å². The summed E-state index contributed by atoms with van der Waals surface area (Å²) >= 11 is 0. The standard InChI is InChI=1S/C16H15N3O4/c1-11(20)18(2)13-7-5-6-12(10-13)17-16(21)14-8-3-4-9-15(14)19(22)23/h3-10H,1-2H3,(H,17,21). The van der Waals surface area contributed by atoms with Gasteiger partial charge in [-0.05, 0) is 24.3 Å². The summed E-state index contributed by atoms with van der Waals surface area (Å²) in [6.45, 7) is 1.43. The minimum atomic E-state index is -0.602. The SMILES string of the molecule is CC(=O)N(C)c1cccc(NC(=O)c2ccccc2[N+](=O)[O-])c1. The first-order valence-electron chi connectivity index (χ1n) is 6.79. The second kappa shape index (κ2) is 6.69. The van der Waals surface area contributed by atoms with Crippen molar-refractivity contribution in [1.82, 2.24) is 0 Å². The van der Waals surface area contributed by atoms with Crippen LogP contribution in [-0.2, 0) is 4.79 Å². The largest absolute Gasteiger partial charge is 0.322 e. The van der Waals surface area contributed by atoms with Crippen molar-refractivity contribution in [2.75, 3.05) is 17.3 Å². The van der Waals surface area contributed by atoms with Gasteiger partial charge in [0.1, 0.15) is 5.56 Å². The number of hydrogen-bond acceptors (Lipinski definition) is 4. The predicted molar refractivity (Wildman–Crippen MR) is 86.6 cm³/mol. The first kappa shape index (κ1) is 16.2. The van der Waals surface area contributed by atoms with E-state index in [4.69, 9.17) is 0 Å². The fourth-order valence-corrected chi connectivity index (χ4v) is 2.00. The Kier molecular flexibility index (Phi) is 4.70. The van der Waals surface area contributed by atoms with Gasteiger partial charge in [-0.15, -0.1) is 0 Å². The van der Waals surface area contributed by atoms with Crippen molar-refractivity contribution in [2.24, 2.45) is 0 Å². The van der Waals surface area contributed by atoms with Crippen LogP contribution in [-0.4, -0.2) is 23.8 Å². The van der Waals surface area contributed by atoms with Crippen molar-refractivity contribution in [3.8, 4) is 0 Å². The van der Waals surface area contributed by atoms with Crippen LogP contribution in [0.15, 0.2) is 48.5 Å². The fourth-order valence-electron chi connectivity index (χ4n) is 2.00. The lowest BCUT2D eigenvalue weighted by Crippen LogP contribution is -2.23. The first-order valence-corrected chi connectivity index (χ1v) is 6.79. The molecule has 0 unspecified atom stereocenters. The maximum atomic E-state index is 12.3. The van der Waals surface area contributed by atoms with Crippen LogP contribution in [0.1, 0.15) is 17.3 Å². The average molecular weight is 313 g/mol. The molecule has 0 aromatic heterocycles. The zero-order valence-corrected chi connectivity index (χ0v) is 12.6. The molecule has 0 fully saturated rings. The highest BCUT2D eigenvalue weighted by Gasteiger charge is 2.19. The lowest BCUT2D eigenvalue weighted by atomic mass is 10.1. The molecule has 0 spiro atoms. The summed E-state index contributed by atoms with van der Waals surface area (Å²) in [4.78, 5) is 35.4. The Balaban J connectivity index is 2.26. The van der Waals surface area contributed by atoms with Crippen molar-refractivity contribution in [2.45, 2.75) is 6.92 Å². The Bertz CT molecular complexity index is 773. The number of anilines is 2. The average Bonchev–Trinajstić information content (AvgIpc) is 2.54. The van der Waals surface area contributed by atoms with Crippen LogP contribution in [0.3, 0.4) is 0 Å². The van der Waals surface area contributed by atoms with Crippen LogP contribution in [0, 0.1) is 10.1 Å². The van der Waals surface area contributed by atoms with Crippen molar-refractivity contribution in [3.63, 3.8) is 0 Å². The van der Waals surface area contributed by atoms with E-state index in [9.17, 15) is 19.7 Å². The maximum Gasteiger partial charge on any atom is 0.282 e. The Labute approximate surface area is 132 Å². The molecule has 0 radical (unpaired) electrons. The quantitative estimate of drug-likeness (QED) is 0.694. The molecule has 0 aliphatic heterocycles. The van der Waals surface area contributed by atoms with Crippen molar-refractivity contribution in [1.29, 1.82) is 0 Å². The van der Waals surface area contributed by atoms with Crippen molar-refractivity contribution < 1.29 is 14.5 Å². The summed E-state index contributed by atoms with van der Waals surface area (Å²) in [5.74, 6) is -0.730. The Morgan fingerprint density at radius 2 is 1.83 bits per heavy atom. The molecular formula is C16H15N3O4. The van der Waals surface area contributed by atoms with Gasteiger partial charge in [-0.1, -0.05) is 18.2 Å². The monoisotopic (exact) mass is 313 g/mol. The van der Waals surface area contributed by atoms with Gasteiger partial charge in [-0.25, -0.2) is 0 Å². The van der Waals surface area contributed by atoms with Gasteiger partial charge in [0.25, 0.3) is 11.6 Å². The predicted octanol–water partition coefficient (Wildman–Crippen LogP) is 2.83. The molecule has 0 saturated carbocycles. The van der Waals surface area contributed by atoms with Gasteiger partial charge in [-0.2, -0.15) is 0 Å². The fraction of sp³-hybridized carbons (Fsp3) is 0.125. The molecule has 0 saturated heterocycles.